The standard InChI is InChI=1S/C11H16N2O2.2ClH/c12-6-7-13(9-11(14)15)8-10-4-2-1-3-5-10;;/h1-5H,6-9,12H2,(H,14,15);2*1H. The first-order chi connectivity index (χ1) is 7.22. The molecule has 0 unspecified atom stereocenters. The average molecular weight is 281 g/mol. The van der Waals surface area contributed by atoms with E-state index in [1.54, 1.807) is 0 Å². The zero-order chi connectivity index (χ0) is 11.1. The van der Waals surface area contributed by atoms with E-state index in [-0.39, 0.29) is 31.4 Å². The van der Waals surface area contributed by atoms with Crippen LogP contribution in [0, 0.1) is 0 Å². The topological polar surface area (TPSA) is 66.6 Å². The highest BCUT2D eigenvalue weighted by Gasteiger charge is 2.08. The molecule has 0 saturated heterocycles. The summed E-state index contributed by atoms with van der Waals surface area (Å²) >= 11 is 0. The van der Waals surface area contributed by atoms with Crippen molar-refractivity contribution in [2.45, 2.75) is 6.54 Å². The number of hydrogen-bond acceptors (Lipinski definition) is 3. The maximum Gasteiger partial charge on any atom is 0.317 e. The fourth-order valence-electron chi connectivity index (χ4n) is 1.43. The molecule has 1 aromatic rings. The molecule has 0 aliphatic heterocycles. The zero-order valence-electron chi connectivity index (χ0n) is 9.41. The predicted molar refractivity (Wildman–Crippen MR) is 72.9 cm³/mol. The number of benzene rings is 1. The van der Waals surface area contributed by atoms with Crippen molar-refractivity contribution in [2.24, 2.45) is 5.73 Å². The second-order valence-corrected chi connectivity index (χ2v) is 3.38. The Kier molecular flexibility index (Phi) is 11.3. The summed E-state index contributed by atoms with van der Waals surface area (Å²) in [5, 5.41) is 8.71. The fourth-order valence-corrected chi connectivity index (χ4v) is 1.43. The molecule has 17 heavy (non-hydrogen) atoms. The van der Waals surface area contributed by atoms with Crippen LogP contribution in [0.25, 0.3) is 0 Å². The Morgan fingerprint density at radius 3 is 2.29 bits per heavy atom. The SMILES string of the molecule is Cl.Cl.NCCN(CC(=O)O)Cc1ccccc1. The number of carboxylic acids is 1. The van der Waals surface area contributed by atoms with Crippen molar-refractivity contribution in [3.8, 4) is 0 Å². The third kappa shape index (κ3) is 7.99. The molecule has 0 fully saturated rings. The summed E-state index contributed by atoms with van der Waals surface area (Å²) in [7, 11) is 0. The predicted octanol–water partition coefficient (Wildman–Crippen LogP) is 1.38. The number of nitrogens with two attached hydrogens (primary N) is 1. The lowest BCUT2D eigenvalue weighted by atomic mass is 10.2. The Labute approximate surface area is 114 Å². The van der Waals surface area contributed by atoms with Gasteiger partial charge in [-0.25, -0.2) is 0 Å². The van der Waals surface area contributed by atoms with Crippen LogP contribution in [-0.4, -0.2) is 35.6 Å². The molecule has 0 spiro atoms. The zero-order valence-corrected chi connectivity index (χ0v) is 11.0. The first kappa shape index (κ1) is 18.6. The summed E-state index contributed by atoms with van der Waals surface area (Å²) < 4.78 is 0. The maximum absolute atomic E-state index is 10.6. The van der Waals surface area contributed by atoms with Gasteiger partial charge in [-0.15, -0.1) is 24.8 Å². The molecule has 0 aliphatic rings. The van der Waals surface area contributed by atoms with Gasteiger partial charge in [-0.05, 0) is 5.56 Å². The number of aliphatic carboxylic acids is 1. The second kappa shape index (κ2) is 10.4. The highest BCUT2D eigenvalue weighted by Crippen LogP contribution is 2.03. The summed E-state index contributed by atoms with van der Waals surface area (Å²) in [6.45, 7) is 1.73. The monoisotopic (exact) mass is 280 g/mol. The van der Waals surface area contributed by atoms with Gasteiger partial charge in [-0.2, -0.15) is 0 Å². The maximum atomic E-state index is 10.6. The van der Waals surface area contributed by atoms with Crippen LogP contribution in [0.3, 0.4) is 0 Å². The van der Waals surface area contributed by atoms with Crippen molar-refractivity contribution >= 4 is 30.8 Å². The van der Waals surface area contributed by atoms with Gasteiger partial charge in [0.05, 0.1) is 6.54 Å². The van der Waals surface area contributed by atoms with Crippen LogP contribution in [0.5, 0.6) is 0 Å². The van der Waals surface area contributed by atoms with E-state index in [0.29, 0.717) is 19.6 Å². The molecule has 0 saturated carbocycles. The lowest BCUT2D eigenvalue weighted by Gasteiger charge is -2.19. The van der Waals surface area contributed by atoms with Crippen molar-refractivity contribution in [1.82, 2.24) is 4.90 Å². The van der Waals surface area contributed by atoms with Gasteiger partial charge in [0.15, 0.2) is 0 Å². The number of carboxylic acid groups (broad SMARTS) is 1. The molecule has 0 aromatic heterocycles. The van der Waals surface area contributed by atoms with Crippen LogP contribution < -0.4 is 5.73 Å². The van der Waals surface area contributed by atoms with E-state index in [9.17, 15) is 4.79 Å². The van der Waals surface area contributed by atoms with E-state index < -0.39 is 5.97 Å². The van der Waals surface area contributed by atoms with Crippen LogP contribution >= 0.6 is 24.8 Å². The summed E-state index contributed by atoms with van der Waals surface area (Å²) in [4.78, 5) is 12.4. The Morgan fingerprint density at radius 1 is 1.24 bits per heavy atom. The van der Waals surface area contributed by atoms with Crippen LogP contribution in [0.15, 0.2) is 30.3 Å². The summed E-state index contributed by atoms with van der Waals surface area (Å²) in [6.07, 6.45) is 0. The fraction of sp³-hybridized carbons (Fsp3) is 0.364. The van der Waals surface area contributed by atoms with Gasteiger partial charge >= 0.3 is 5.97 Å². The normalized spacial score (nSPS) is 9.29. The summed E-state index contributed by atoms with van der Waals surface area (Å²) in [6, 6.07) is 9.78. The van der Waals surface area contributed by atoms with Crippen molar-refractivity contribution in [3.63, 3.8) is 0 Å². The number of rotatable bonds is 6. The van der Waals surface area contributed by atoms with E-state index in [1.165, 1.54) is 0 Å². The molecule has 4 nitrogen and oxygen atoms in total. The highest BCUT2D eigenvalue weighted by molar-refractivity contribution is 5.85. The summed E-state index contributed by atoms with van der Waals surface area (Å²) in [5.74, 6) is -0.820. The third-order valence-electron chi connectivity index (χ3n) is 2.05. The van der Waals surface area contributed by atoms with Crippen LogP contribution in [0.1, 0.15) is 5.56 Å². The third-order valence-corrected chi connectivity index (χ3v) is 2.05. The molecule has 3 N–H and O–H groups in total. The number of carbonyl (C=O) groups is 1. The second-order valence-electron chi connectivity index (χ2n) is 3.38. The lowest BCUT2D eigenvalue weighted by Crippen LogP contribution is -2.33. The van der Waals surface area contributed by atoms with Gasteiger partial charge in [0.1, 0.15) is 0 Å². The number of nitrogens with zero attached hydrogens (tertiary/aromatic N) is 1. The van der Waals surface area contributed by atoms with Gasteiger partial charge < -0.3 is 10.8 Å². The molecule has 0 amide bonds. The van der Waals surface area contributed by atoms with Crippen LogP contribution in [0.2, 0.25) is 0 Å². The lowest BCUT2D eigenvalue weighted by molar-refractivity contribution is -0.138. The molecule has 1 rings (SSSR count). The van der Waals surface area contributed by atoms with Gasteiger partial charge in [0, 0.05) is 19.6 Å². The van der Waals surface area contributed by atoms with Gasteiger partial charge in [0.2, 0.25) is 0 Å². The Bertz CT molecular complexity index is 310. The van der Waals surface area contributed by atoms with E-state index in [1.807, 2.05) is 35.2 Å². The molecule has 6 heteroatoms. The van der Waals surface area contributed by atoms with Gasteiger partial charge in [-0.1, -0.05) is 30.3 Å². The van der Waals surface area contributed by atoms with E-state index in [2.05, 4.69) is 0 Å². The van der Waals surface area contributed by atoms with Crippen LogP contribution in [0.4, 0.5) is 0 Å². The van der Waals surface area contributed by atoms with Crippen LogP contribution in [-0.2, 0) is 11.3 Å². The van der Waals surface area contributed by atoms with E-state index >= 15 is 0 Å². The van der Waals surface area contributed by atoms with Crippen molar-refractivity contribution < 1.29 is 9.90 Å². The van der Waals surface area contributed by atoms with Crippen molar-refractivity contribution in [3.05, 3.63) is 35.9 Å². The van der Waals surface area contributed by atoms with Crippen molar-refractivity contribution in [2.75, 3.05) is 19.6 Å². The minimum atomic E-state index is -0.820. The number of hydrogen-bond donors (Lipinski definition) is 2. The average Bonchev–Trinajstić information content (AvgIpc) is 2.18. The molecule has 0 heterocycles. The molecule has 0 aliphatic carbocycles. The molecular weight excluding hydrogens is 263 g/mol. The quantitative estimate of drug-likeness (QED) is 0.826. The first-order valence-corrected chi connectivity index (χ1v) is 4.90. The Morgan fingerprint density at radius 2 is 1.82 bits per heavy atom. The molecule has 0 atom stereocenters. The molecule has 0 radical (unpaired) electrons. The Hall–Kier alpha value is -0.810. The minimum Gasteiger partial charge on any atom is -0.480 e. The van der Waals surface area contributed by atoms with E-state index in [4.69, 9.17) is 10.8 Å². The molecular formula is C11H18Cl2N2O2. The molecule has 98 valence electrons. The smallest absolute Gasteiger partial charge is 0.317 e. The molecule has 0 bridgehead atoms. The van der Waals surface area contributed by atoms with E-state index in [0.717, 1.165) is 5.56 Å². The molecule has 1 aromatic carbocycles. The minimum absolute atomic E-state index is 0. The van der Waals surface area contributed by atoms with Crippen molar-refractivity contribution in [1.29, 1.82) is 0 Å². The first-order valence-electron chi connectivity index (χ1n) is 4.90. The largest absolute Gasteiger partial charge is 0.480 e. The highest BCUT2D eigenvalue weighted by atomic mass is 35.5. The summed E-state index contributed by atoms with van der Waals surface area (Å²) in [5.41, 5.74) is 6.53. The number of halogens is 2. The Balaban J connectivity index is 0. The van der Waals surface area contributed by atoms with Gasteiger partial charge in [0.25, 0.3) is 0 Å². The van der Waals surface area contributed by atoms with Gasteiger partial charge in [-0.3, -0.25) is 9.69 Å².